The maximum absolute atomic E-state index is 12.5. The minimum Gasteiger partial charge on any atom is -0.497 e. The molecule has 3 N–H and O–H groups in total. The van der Waals surface area contributed by atoms with Crippen molar-refractivity contribution in [2.45, 2.75) is 33.6 Å². The lowest BCUT2D eigenvalue weighted by molar-refractivity contribution is -0.140. The zero-order valence-corrected chi connectivity index (χ0v) is 17.2. The number of hydrogen-bond donors (Lipinski definition) is 3. The molecule has 8 heteroatoms. The van der Waals surface area contributed by atoms with Gasteiger partial charge in [-0.1, -0.05) is 20.8 Å². The van der Waals surface area contributed by atoms with E-state index < -0.39 is 17.7 Å². The number of rotatable bonds is 10. The predicted octanol–water partition coefficient (Wildman–Crippen LogP) is 1.97. The first-order chi connectivity index (χ1) is 13.2. The number of nitrogens with one attached hydrogen (secondary N) is 2. The number of methoxy groups -OCH3 is 1. The van der Waals surface area contributed by atoms with E-state index in [2.05, 4.69) is 5.32 Å². The quantitative estimate of drug-likeness (QED) is 0.416. The van der Waals surface area contributed by atoms with Crippen LogP contribution in [0.25, 0.3) is 0 Å². The summed E-state index contributed by atoms with van der Waals surface area (Å²) in [6, 6.07) is 7.10. The van der Waals surface area contributed by atoms with E-state index in [1.54, 1.807) is 50.8 Å². The van der Waals surface area contributed by atoms with Crippen LogP contribution in [0.3, 0.4) is 0 Å². The molecule has 1 aromatic rings. The molecule has 8 nitrogen and oxygen atoms in total. The van der Waals surface area contributed by atoms with Crippen LogP contribution in [0.5, 0.6) is 5.75 Å². The van der Waals surface area contributed by atoms with E-state index in [1.807, 2.05) is 13.8 Å². The van der Waals surface area contributed by atoms with E-state index in [-0.39, 0.29) is 30.7 Å². The molecule has 0 saturated carbocycles. The number of nitrogens with zero attached hydrogens (tertiary/aromatic N) is 1. The highest BCUT2D eigenvalue weighted by Crippen LogP contribution is 2.21. The van der Waals surface area contributed by atoms with Crippen molar-refractivity contribution < 1.29 is 24.3 Å². The van der Waals surface area contributed by atoms with Gasteiger partial charge in [-0.25, -0.2) is 5.48 Å². The number of amides is 3. The second-order valence-corrected chi connectivity index (χ2v) is 7.19. The van der Waals surface area contributed by atoms with Crippen LogP contribution in [0.4, 0.5) is 5.69 Å². The molecule has 0 aromatic heterocycles. The predicted molar refractivity (Wildman–Crippen MR) is 106 cm³/mol. The molecule has 1 aromatic carbocycles. The topological polar surface area (TPSA) is 108 Å². The van der Waals surface area contributed by atoms with E-state index in [9.17, 15) is 14.4 Å². The van der Waals surface area contributed by atoms with Gasteiger partial charge < -0.3 is 15.0 Å². The summed E-state index contributed by atoms with van der Waals surface area (Å²) in [6.07, 6.45) is 0.628. The van der Waals surface area contributed by atoms with Crippen molar-refractivity contribution in [1.29, 1.82) is 0 Å². The van der Waals surface area contributed by atoms with Crippen LogP contribution in [-0.4, -0.2) is 43.6 Å². The molecule has 0 aliphatic rings. The zero-order chi connectivity index (χ0) is 21.3. The lowest BCUT2D eigenvalue weighted by Crippen LogP contribution is -2.42. The normalized spacial score (nSPS) is 12.8. The van der Waals surface area contributed by atoms with Crippen LogP contribution in [0.15, 0.2) is 24.3 Å². The molecule has 0 spiro atoms. The minimum absolute atomic E-state index is 0.128. The molecule has 0 saturated heterocycles. The summed E-state index contributed by atoms with van der Waals surface area (Å²) in [5, 5.41) is 11.6. The fourth-order valence-electron chi connectivity index (χ4n) is 2.87. The Balaban J connectivity index is 2.61. The molecule has 0 aliphatic heterocycles. The summed E-state index contributed by atoms with van der Waals surface area (Å²) in [5.41, 5.74) is 2.33. The fourth-order valence-corrected chi connectivity index (χ4v) is 2.87. The summed E-state index contributed by atoms with van der Waals surface area (Å²) in [6.45, 7) is 5.68. The van der Waals surface area contributed by atoms with Gasteiger partial charge in [0, 0.05) is 37.5 Å². The van der Waals surface area contributed by atoms with Gasteiger partial charge in [-0.15, -0.1) is 0 Å². The Labute approximate surface area is 166 Å². The number of hydroxylamine groups is 1. The van der Waals surface area contributed by atoms with Crippen molar-refractivity contribution in [2.24, 2.45) is 17.8 Å². The number of carbonyl (C=O) groups excluding carboxylic acids is 3. The van der Waals surface area contributed by atoms with Crippen molar-refractivity contribution >= 4 is 23.4 Å². The Kier molecular flexibility index (Phi) is 9.44. The van der Waals surface area contributed by atoms with E-state index in [1.165, 1.54) is 4.90 Å². The van der Waals surface area contributed by atoms with Gasteiger partial charge in [0.05, 0.1) is 7.11 Å². The van der Waals surface area contributed by atoms with Gasteiger partial charge in [-0.3, -0.25) is 19.6 Å². The summed E-state index contributed by atoms with van der Waals surface area (Å²) in [5.74, 6) is -1.40. The molecule has 0 heterocycles. The molecule has 2 atom stereocenters. The second-order valence-electron chi connectivity index (χ2n) is 7.19. The first kappa shape index (κ1) is 23.4. The summed E-state index contributed by atoms with van der Waals surface area (Å²) < 4.78 is 5.10. The first-order valence-electron chi connectivity index (χ1n) is 9.33. The lowest BCUT2D eigenvalue weighted by Gasteiger charge is -2.23. The number of carbonyl (C=O) groups is 3. The van der Waals surface area contributed by atoms with Crippen LogP contribution >= 0.6 is 0 Å². The monoisotopic (exact) mass is 393 g/mol. The number of anilines is 1. The molecule has 3 amide bonds. The maximum Gasteiger partial charge on any atom is 0.246 e. The largest absolute Gasteiger partial charge is 0.497 e. The van der Waals surface area contributed by atoms with Crippen LogP contribution in [0.1, 0.15) is 33.6 Å². The Morgan fingerprint density at radius 2 is 1.71 bits per heavy atom. The first-order valence-corrected chi connectivity index (χ1v) is 9.33. The van der Waals surface area contributed by atoms with Crippen LogP contribution in [-0.2, 0) is 14.4 Å². The lowest BCUT2D eigenvalue weighted by atomic mass is 9.85. The molecule has 0 aliphatic carbocycles. The SMILES string of the molecule is COc1ccc(N(C)C(=O)CCNC(=O)[C@@H](CC(C)C)[C@H](C)C(=O)NO)cc1. The van der Waals surface area contributed by atoms with Crippen LogP contribution in [0, 0.1) is 17.8 Å². The van der Waals surface area contributed by atoms with Crippen molar-refractivity contribution in [2.75, 3.05) is 25.6 Å². The standard InChI is InChI=1S/C20H31N3O5/c1-13(2)12-17(14(3)19(25)22-27)20(26)21-11-10-18(24)23(4)15-6-8-16(28-5)9-7-15/h6-9,13-14,17,27H,10-12H2,1-5H3,(H,21,26)(H,22,25)/t14-,17-/m0/s1. The molecule has 0 bridgehead atoms. The van der Waals surface area contributed by atoms with Crippen LogP contribution in [0.2, 0.25) is 0 Å². The Bertz CT molecular complexity index is 660. The summed E-state index contributed by atoms with van der Waals surface area (Å²) in [7, 11) is 3.24. The highest BCUT2D eigenvalue weighted by atomic mass is 16.5. The molecular formula is C20H31N3O5. The Morgan fingerprint density at radius 1 is 1.11 bits per heavy atom. The number of benzene rings is 1. The molecule has 156 valence electrons. The number of ether oxygens (including phenoxy) is 1. The van der Waals surface area contributed by atoms with E-state index >= 15 is 0 Å². The third kappa shape index (κ3) is 6.84. The van der Waals surface area contributed by atoms with Gasteiger partial charge in [-0.05, 0) is 36.6 Å². The number of hydrogen-bond acceptors (Lipinski definition) is 5. The van der Waals surface area contributed by atoms with Crippen molar-refractivity contribution in [3.05, 3.63) is 24.3 Å². The zero-order valence-electron chi connectivity index (χ0n) is 17.2. The Morgan fingerprint density at radius 3 is 2.21 bits per heavy atom. The third-order valence-corrected chi connectivity index (χ3v) is 4.66. The van der Waals surface area contributed by atoms with E-state index in [0.717, 1.165) is 5.69 Å². The van der Waals surface area contributed by atoms with Crippen molar-refractivity contribution in [1.82, 2.24) is 10.8 Å². The third-order valence-electron chi connectivity index (χ3n) is 4.66. The minimum atomic E-state index is -0.676. The average Bonchev–Trinajstić information content (AvgIpc) is 2.69. The fraction of sp³-hybridized carbons (Fsp3) is 0.550. The van der Waals surface area contributed by atoms with Gasteiger partial charge in [0.1, 0.15) is 5.75 Å². The van der Waals surface area contributed by atoms with Gasteiger partial charge in [-0.2, -0.15) is 0 Å². The van der Waals surface area contributed by atoms with E-state index in [4.69, 9.17) is 9.94 Å². The smallest absolute Gasteiger partial charge is 0.246 e. The summed E-state index contributed by atoms with van der Waals surface area (Å²) in [4.78, 5) is 38.1. The highest BCUT2D eigenvalue weighted by Gasteiger charge is 2.30. The van der Waals surface area contributed by atoms with Gasteiger partial charge in [0.15, 0.2) is 0 Å². The van der Waals surface area contributed by atoms with Crippen molar-refractivity contribution in [3.63, 3.8) is 0 Å². The molecule has 0 fully saturated rings. The maximum atomic E-state index is 12.5. The van der Waals surface area contributed by atoms with Crippen molar-refractivity contribution in [3.8, 4) is 5.75 Å². The molecular weight excluding hydrogens is 362 g/mol. The van der Waals surface area contributed by atoms with E-state index in [0.29, 0.717) is 12.2 Å². The Hall–Kier alpha value is -2.61. The van der Waals surface area contributed by atoms with Gasteiger partial charge in [0.25, 0.3) is 0 Å². The molecule has 28 heavy (non-hydrogen) atoms. The average molecular weight is 393 g/mol. The molecule has 0 radical (unpaired) electrons. The van der Waals surface area contributed by atoms with Crippen LogP contribution < -0.4 is 20.4 Å². The van der Waals surface area contributed by atoms with Gasteiger partial charge >= 0.3 is 0 Å². The van der Waals surface area contributed by atoms with Gasteiger partial charge in [0.2, 0.25) is 17.7 Å². The second kappa shape index (κ2) is 11.3. The summed E-state index contributed by atoms with van der Waals surface area (Å²) >= 11 is 0. The molecule has 1 rings (SSSR count). The molecule has 0 unspecified atom stereocenters. The highest BCUT2D eigenvalue weighted by molar-refractivity contribution is 5.93.